The van der Waals surface area contributed by atoms with Crippen molar-refractivity contribution in [2.45, 2.75) is 0 Å². The maximum Gasteiger partial charge on any atom is 0.492 e. The fraction of sp³-hybridized carbons (Fsp3) is 0. The van der Waals surface area contributed by atoms with Crippen molar-refractivity contribution in [3.8, 4) is 5.82 Å². The quantitative estimate of drug-likeness (QED) is 0.625. The van der Waals surface area contributed by atoms with Crippen molar-refractivity contribution < 1.29 is 4.92 Å². The van der Waals surface area contributed by atoms with Gasteiger partial charge in [-0.1, -0.05) is 11.6 Å². The minimum Gasteiger partial charge on any atom is -0.390 e. The zero-order chi connectivity index (χ0) is 11.7. The van der Waals surface area contributed by atoms with E-state index in [1.165, 1.54) is 10.9 Å². The highest BCUT2D eigenvalue weighted by Gasteiger charge is 2.21. The average Bonchev–Trinajstić information content (AvgIpc) is 2.62. The molecule has 0 unspecified atom stereocenters. The van der Waals surface area contributed by atoms with Crippen LogP contribution < -0.4 is 0 Å². The van der Waals surface area contributed by atoms with E-state index in [2.05, 4.69) is 31.0 Å². The van der Waals surface area contributed by atoms with Crippen molar-refractivity contribution in [2.75, 3.05) is 0 Å². The van der Waals surface area contributed by atoms with Gasteiger partial charge in [-0.2, -0.15) is 0 Å². The van der Waals surface area contributed by atoms with Crippen LogP contribution in [-0.4, -0.2) is 24.7 Å². The Morgan fingerprint density at radius 3 is 2.75 bits per heavy atom. The molecule has 2 rings (SSSR count). The molecule has 0 saturated heterocycles. The Bertz CT molecular complexity index is 540. The summed E-state index contributed by atoms with van der Waals surface area (Å²) >= 11 is 8.72. The van der Waals surface area contributed by atoms with E-state index in [9.17, 15) is 10.1 Å². The van der Waals surface area contributed by atoms with E-state index >= 15 is 0 Å². The lowest BCUT2D eigenvalue weighted by molar-refractivity contribution is -0.394. The van der Waals surface area contributed by atoms with Crippen molar-refractivity contribution in [1.29, 1.82) is 0 Å². The largest absolute Gasteiger partial charge is 0.492 e. The number of hydrogen-bond donors (Lipinski definition) is 0. The lowest BCUT2D eigenvalue weighted by Crippen LogP contribution is -2.00. The van der Waals surface area contributed by atoms with Crippen molar-refractivity contribution in [3.05, 3.63) is 38.2 Å². The van der Waals surface area contributed by atoms with Gasteiger partial charge in [0.1, 0.15) is 0 Å². The van der Waals surface area contributed by atoms with Gasteiger partial charge in [0.05, 0.1) is 5.02 Å². The second-order valence-electron chi connectivity index (χ2n) is 2.68. The topological polar surface area (TPSA) is 86.7 Å². The molecule has 0 spiro atoms. The van der Waals surface area contributed by atoms with Gasteiger partial charge in [-0.25, -0.2) is 4.98 Å². The smallest absolute Gasteiger partial charge is 0.390 e. The standard InChI is InChI=1S/C7H3BrClN5O2/c8-6-11-7(14(15)16)12-13(6)5-2-1-4(9)3-10-5/h1-3H. The van der Waals surface area contributed by atoms with Crippen LogP contribution in [0.5, 0.6) is 0 Å². The highest BCUT2D eigenvalue weighted by molar-refractivity contribution is 9.10. The number of halogens is 2. The molecule has 0 aliphatic rings. The summed E-state index contributed by atoms with van der Waals surface area (Å²) in [5.74, 6) is -0.111. The first-order chi connectivity index (χ1) is 7.58. The Morgan fingerprint density at radius 1 is 1.50 bits per heavy atom. The van der Waals surface area contributed by atoms with Gasteiger partial charge in [-0.3, -0.25) is 0 Å². The lowest BCUT2D eigenvalue weighted by Gasteiger charge is -1.95. The van der Waals surface area contributed by atoms with Gasteiger partial charge >= 0.3 is 5.95 Å². The van der Waals surface area contributed by atoms with Crippen LogP contribution in [0.4, 0.5) is 5.95 Å². The van der Waals surface area contributed by atoms with Crippen LogP contribution in [0, 0.1) is 10.1 Å². The summed E-state index contributed by atoms with van der Waals surface area (Å²) in [5, 5.41) is 14.6. The van der Waals surface area contributed by atoms with Crippen LogP contribution in [0.2, 0.25) is 5.02 Å². The Morgan fingerprint density at radius 2 is 2.25 bits per heavy atom. The molecule has 0 fully saturated rings. The molecule has 16 heavy (non-hydrogen) atoms. The van der Waals surface area contributed by atoms with Crippen LogP contribution in [-0.2, 0) is 0 Å². The molecule has 0 aliphatic heterocycles. The Labute approximate surface area is 102 Å². The molecule has 0 aliphatic carbocycles. The Balaban J connectivity index is 2.47. The SMILES string of the molecule is O=[N+]([O-])c1nc(Br)n(-c2ccc(Cl)cn2)n1. The van der Waals surface area contributed by atoms with Gasteiger partial charge in [0.15, 0.2) is 5.82 Å². The second kappa shape index (κ2) is 4.14. The van der Waals surface area contributed by atoms with Crippen LogP contribution in [0.3, 0.4) is 0 Å². The molecule has 2 heterocycles. The summed E-state index contributed by atoms with van der Waals surface area (Å²) in [4.78, 5) is 17.3. The van der Waals surface area contributed by atoms with Crippen molar-refractivity contribution in [3.63, 3.8) is 0 Å². The van der Waals surface area contributed by atoms with E-state index in [0.717, 1.165) is 0 Å². The Kier molecular flexibility index (Phi) is 2.84. The number of hydrogen-bond acceptors (Lipinski definition) is 5. The first-order valence-corrected chi connectivity index (χ1v) is 5.14. The summed E-state index contributed by atoms with van der Waals surface area (Å²) in [6.45, 7) is 0. The molecule has 7 nitrogen and oxygen atoms in total. The average molecular weight is 304 g/mol. The predicted octanol–water partition coefficient (Wildman–Crippen LogP) is 1.99. The third kappa shape index (κ3) is 2.02. The highest BCUT2D eigenvalue weighted by atomic mass is 79.9. The fourth-order valence-electron chi connectivity index (χ4n) is 0.999. The first-order valence-electron chi connectivity index (χ1n) is 3.97. The third-order valence-corrected chi connectivity index (χ3v) is 2.39. The van der Waals surface area contributed by atoms with E-state index in [1.54, 1.807) is 12.1 Å². The van der Waals surface area contributed by atoms with Crippen molar-refractivity contribution in [1.82, 2.24) is 19.7 Å². The highest BCUT2D eigenvalue weighted by Crippen LogP contribution is 2.17. The van der Waals surface area contributed by atoms with Gasteiger partial charge < -0.3 is 10.1 Å². The van der Waals surface area contributed by atoms with E-state index < -0.39 is 10.9 Å². The monoisotopic (exact) mass is 303 g/mol. The van der Waals surface area contributed by atoms with Crippen molar-refractivity contribution >= 4 is 33.5 Å². The number of nitrogens with zero attached hydrogens (tertiary/aromatic N) is 5. The zero-order valence-electron chi connectivity index (χ0n) is 7.54. The van der Waals surface area contributed by atoms with Crippen LogP contribution in [0.25, 0.3) is 5.82 Å². The predicted molar refractivity (Wildman–Crippen MR) is 58.5 cm³/mol. The first kappa shape index (κ1) is 11.0. The normalized spacial score (nSPS) is 10.4. The summed E-state index contributed by atoms with van der Waals surface area (Å²) in [6.07, 6.45) is 1.41. The molecule has 0 radical (unpaired) electrons. The lowest BCUT2D eigenvalue weighted by atomic mass is 10.5. The molecule has 0 N–H and O–H groups in total. The molecule has 0 aromatic carbocycles. The molecule has 2 aromatic heterocycles. The second-order valence-corrected chi connectivity index (χ2v) is 3.83. The summed E-state index contributed by atoms with van der Waals surface area (Å²) < 4.78 is 1.41. The summed E-state index contributed by atoms with van der Waals surface area (Å²) in [5.41, 5.74) is 0. The maximum absolute atomic E-state index is 10.5. The van der Waals surface area contributed by atoms with Gasteiger partial charge in [-0.15, -0.1) is 4.68 Å². The van der Waals surface area contributed by atoms with Gasteiger partial charge in [0, 0.05) is 27.2 Å². The number of rotatable bonds is 2. The molecule has 2 aromatic rings. The molecule has 0 bridgehead atoms. The van der Waals surface area contributed by atoms with Crippen LogP contribution in [0.1, 0.15) is 0 Å². The molecule has 9 heteroatoms. The van der Waals surface area contributed by atoms with Crippen LogP contribution in [0.15, 0.2) is 23.1 Å². The Hall–Kier alpha value is -1.54. The molecule has 0 saturated carbocycles. The van der Waals surface area contributed by atoms with Crippen molar-refractivity contribution in [2.24, 2.45) is 0 Å². The minimum atomic E-state index is -0.683. The number of pyridine rings is 1. The van der Waals surface area contributed by atoms with E-state index in [0.29, 0.717) is 10.8 Å². The van der Waals surface area contributed by atoms with Gasteiger partial charge in [-0.05, 0) is 22.0 Å². The van der Waals surface area contributed by atoms with E-state index in [1.807, 2.05) is 0 Å². The number of nitro groups is 1. The van der Waals surface area contributed by atoms with E-state index in [4.69, 9.17) is 11.6 Å². The molecular weight excluding hydrogens is 301 g/mol. The summed E-state index contributed by atoms with van der Waals surface area (Å²) in [6, 6.07) is 3.18. The fourth-order valence-corrected chi connectivity index (χ4v) is 1.53. The summed E-state index contributed by atoms with van der Waals surface area (Å²) in [7, 11) is 0. The van der Waals surface area contributed by atoms with Crippen LogP contribution >= 0.6 is 27.5 Å². The van der Waals surface area contributed by atoms with E-state index in [-0.39, 0.29) is 4.73 Å². The number of aromatic nitrogens is 4. The minimum absolute atomic E-state index is 0.203. The molecule has 0 atom stereocenters. The van der Waals surface area contributed by atoms with Gasteiger partial charge in [0.25, 0.3) is 4.73 Å². The maximum atomic E-state index is 10.5. The zero-order valence-corrected chi connectivity index (χ0v) is 9.88. The molecule has 0 amide bonds. The molecule has 82 valence electrons. The molecular formula is C7H3BrClN5O2. The van der Waals surface area contributed by atoms with Gasteiger partial charge in [0.2, 0.25) is 0 Å². The third-order valence-electron chi connectivity index (χ3n) is 1.65.